The van der Waals surface area contributed by atoms with E-state index in [0.717, 1.165) is 20.4 Å². The number of ether oxygens (including phenoxy) is 1. The molecule has 1 fully saturated rings. The Morgan fingerprint density at radius 3 is 2.66 bits per heavy atom. The molecule has 0 bridgehead atoms. The summed E-state index contributed by atoms with van der Waals surface area (Å²) < 4.78 is 4.69. The van der Waals surface area contributed by atoms with E-state index in [9.17, 15) is 14.4 Å². The molecule has 2 aromatic rings. The first-order valence-electron chi connectivity index (χ1n) is 9.37. The van der Waals surface area contributed by atoms with Gasteiger partial charge in [0.2, 0.25) is 0 Å². The number of amides is 2. The van der Waals surface area contributed by atoms with Crippen molar-refractivity contribution in [1.82, 2.24) is 5.32 Å². The summed E-state index contributed by atoms with van der Waals surface area (Å²) in [4.78, 5) is 39.3. The molecule has 0 aromatic heterocycles. The average Bonchev–Trinajstić information content (AvgIpc) is 2.72. The first kappa shape index (κ1) is 20.9. The Labute approximate surface area is 173 Å². The van der Waals surface area contributed by atoms with E-state index in [2.05, 4.69) is 15.4 Å². The lowest BCUT2D eigenvalue weighted by Crippen LogP contribution is -3.20. The van der Waals surface area contributed by atoms with Gasteiger partial charge in [-0.05, 0) is 24.3 Å². The SMILES string of the molecule is COC(=O)C[C@@H]1C(=O)NCC[NH+]1CC(=O)Nc1ccccc1Sc1ccccc1. The highest BCUT2D eigenvalue weighted by Crippen LogP contribution is 2.33. The number of piperazine rings is 1. The zero-order valence-corrected chi connectivity index (χ0v) is 17.0. The maximum atomic E-state index is 12.7. The van der Waals surface area contributed by atoms with E-state index in [1.54, 1.807) is 11.8 Å². The second-order valence-electron chi connectivity index (χ2n) is 6.67. The minimum absolute atomic E-state index is 0.0502. The summed E-state index contributed by atoms with van der Waals surface area (Å²) >= 11 is 1.57. The van der Waals surface area contributed by atoms with Crippen LogP contribution in [-0.4, -0.2) is 50.6 Å². The Hall–Kier alpha value is -2.84. The second kappa shape index (κ2) is 10.1. The zero-order valence-electron chi connectivity index (χ0n) is 16.1. The summed E-state index contributed by atoms with van der Waals surface area (Å²) in [6.45, 7) is 1.14. The number of esters is 1. The van der Waals surface area contributed by atoms with Crippen molar-refractivity contribution in [3.05, 3.63) is 54.6 Å². The highest BCUT2D eigenvalue weighted by Gasteiger charge is 2.36. The van der Waals surface area contributed by atoms with Gasteiger partial charge in [0.25, 0.3) is 11.8 Å². The largest absolute Gasteiger partial charge is 0.469 e. The van der Waals surface area contributed by atoms with Gasteiger partial charge in [0.05, 0.1) is 25.9 Å². The minimum Gasteiger partial charge on any atom is -0.469 e. The fourth-order valence-electron chi connectivity index (χ4n) is 3.20. The third kappa shape index (κ3) is 5.82. The Bertz CT molecular complexity index is 875. The molecule has 1 aliphatic rings. The molecular weight excluding hydrogens is 390 g/mol. The molecule has 0 spiro atoms. The quantitative estimate of drug-likeness (QED) is 0.581. The molecule has 2 atom stereocenters. The summed E-state index contributed by atoms with van der Waals surface area (Å²) in [5.74, 6) is -0.898. The van der Waals surface area contributed by atoms with Crippen LogP contribution in [0.5, 0.6) is 0 Å². The maximum absolute atomic E-state index is 12.7. The Morgan fingerprint density at radius 1 is 1.17 bits per heavy atom. The van der Waals surface area contributed by atoms with Gasteiger partial charge in [0, 0.05) is 9.79 Å². The van der Waals surface area contributed by atoms with E-state index in [0.29, 0.717) is 13.1 Å². The predicted octanol–water partition coefficient (Wildman–Crippen LogP) is 0.723. The number of anilines is 1. The number of carbonyl (C=O) groups excluding carboxylic acids is 3. The Balaban J connectivity index is 1.67. The average molecular weight is 415 g/mol. The van der Waals surface area contributed by atoms with Crippen LogP contribution < -0.4 is 15.5 Å². The normalized spacial score (nSPS) is 18.6. The third-order valence-electron chi connectivity index (χ3n) is 4.67. The van der Waals surface area contributed by atoms with Crippen LogP contribution in [0.3, 0.4) is 0 Å². The van der Waals surface area contributed by atoms with Crippen molar-refractivity contribution in [3.8, 4) is 0 Å². The van der Waals surface area contributed by atoms with Crippen molar-refractivity contribution in [3.63, 3.8) is 0 Å². The second-order valence-corrected chi connectivity index (χ2v) is 7.78. The molecule has 8 heteroatoms. The summed E-state index contributed by atoms with van der Waals surface area (Å²) in [6, 6.07) is 16.9. The molecule has 2 amide bonds. The number of carbonyl (C=O) groups is 3. The summed E-state index contributed by atoms with van der Waals surface area (Å²) in [6.07, 6.45) is -0.0502. The molecule has 1 unspecified atom stereocenters. The van der Waals surface area contributed by atoms with E-state index in [1.165, 1.54) is 7.11 Å². The topological polar surface area (TPSA) is 88.9 Å². The number of quaternary nitrogens is 1. The lowest BCUT2D eigenvalue weighted by Gasteiger charge is -2.30. The fourth-order valence-corrected chi connectivity index (χ4v) is 4.13. The molecule has 3 rings (SSSR count). The van der Waals surface area contributed by atoms with Crippen LogP contribution in [0, 0.1) is 0 Å². The van der Waals surface area contributed by atoms with Crippen molar-refractivity contribution in [1.29, 1.82) is 0 Å². The van der Waals surface area contributed by atoms with Crippen molar-refractivity contribution in [2.24, 2.45) is 0 Å². The van der Waals surface area contributed by atoms with E-state index in [-0.39, 0.29) is 24.8 Å². The molecule has 7 nitrogen and oxygen atoms in total. The molecule has 0 radical (unpaired) electrons. The summed E-state index contributed by atoms with van der Waals surface area (Å²) in [5, 5.41) is 5.70. The van der Waals surface area contributed by atoms with Crippen LogP contribution in [0.15, 0.2) is 64.4 Å². The summed E-state index contributed by atoms with van der Waals surface area (Å²) in [5.41, 5.74) is 0.719. The van der Waals surface area contributed by atoms with E-state index >= 15 is 0 Å². The van der Waals surface area contributed by atoms with Crippen LogP contribution in [0.1, 0.15) is 6.42 Å². The summed E-state index contributed by atoms with van der Waals surface area (Å²) in [7, 11) is 1.29. The van der Waals surface area contributed by atoms with Gasteiger partial charge in [0.1, 0.15) is 6.42 Å². The smallest absolute Gasteiger partial charge is 0.312 e. The van der Waals surface area contributed by atoms with Crippen molar-refractivity contribution >= 4 is 35.2 Å². The van der Waals surface area contributed by atoms with Crippen LogP contribution in [0.4, 0.5) is 5.69 Å². The molecule has 1 aliphatic heterocycles. The van der Waals surface area contributed by atoms with Gasteiger partial charge in [-0.3, -0.25) is 14.4 Å². The number of hydrogen-bond acceptors (Lipinski definition) is 5. The Kier molecular flexibility index (Phi) is 7.26. The number of hydrogen-bond donors (Lipinski definition) is 3. The zero-order chi connectivity index (χ0) is 20.6. The van der Waals surface area contributed by atoms with Gasteiger partial charge in [-0.1, -0.05) is 42.1 Å². The van der Waals surface area contributed by atoms with Crippen molar-refractivity contribution in [2.75, 3.05) is 32.1 Å². The number of para-hydroxylation sites is 1. The van der Waals surface area contributed by atoms with Gasteiger partial charge >= 0.3 is 5.97 Å². The molecule has 1 heterocycles. The van der Waals surface area contributed by atoms with E-state index in [4.69, 9.17) is 0 Å². The Morgan fingerprint density at radius 2 is 1.90 bits per heavy atom. The molecule has 0 aliphatic carbocycles. The number of methoxy groups -OCH3 is 1. The standard InChI is InChI=1S/C21H23N3O4S/c1-28-20(26)13-17-21(27)22-11-12-24(17)14-19(25)23-16-9-5-6-10-18(16)29-15-7-3-2-4-8-15/h2-10,17H,11-14H2,1H3,(H,22,27)(H,23,25)/p+1/t17-/m1/s1. The van der Waals surface area contributed by atoms with E-state index in [1.807, 2.05) is 54.6 Å². The molecule has 3 N–H and O–H groups in total. The van der Waals surface area contributed by atoms with Crippen LogP contribution in [0.2, 0.25) is 0 Å². The first-order valence-corrected chi connectivity index (χ1v) is 10.2. The minimum atomic E-state index is -0.629. The first-order chi connectivity index (χ1) is 14.1. The number of nitrogens with one attached hydrogen (secondary N) is 3. The molecule has 1 saturated heterocycles. The lowest BCUT2D eigenvalue weighted by atomic mass is 10.1. The van der Waals surface area contributed by atoms with Gasteiger partial charge in [-0.25, -0.2) is 0 Å². The number of benzene rings is 2. The molecule has 0 saturated carbocycles. The van der Waals surface area contributed by atoms with Gasteiger partial charge in [0.15, 0.2) is 12.6 Å². The molecule has 2 aromatic carbocycles. The van der Waals surface area contributed by atoms with Gasteiger partial charge in [-0.15, -0.1) is 0 Å². The van der Waals surface area contributed by atoms with Gasteiger partial charge in [-0.2, -0.15) is 0 Å². The van der Waals surface area contributed by atoms with Crippen molar-refractivity contribution in [2.45, 2.75) is 22.3 Å². The lowest BCUT2D eigenvalue weighted by molar-refractivity contribution is -0.909. The highest BCUT2D eigenvalue weighted by molar-refractivity contribution is 7.99. The van der Waals surface area contributed by atoms with Crippen LogP contribution >= 0.6 is 11.8 Å². The van der Waals surface area contributed by atoms with Crippen LogP contribution in [-0.2, 0) is 19.1 Å². The third-order valence-corrected chi connectivity index (χ3v) is 5.76. The van der Waals surface area contributed by atoms with E-state index < -0.39 is 12.0 Å². The monoisotopic (exact) mass is 414 g/mol. The molecular formula is C21H24N3O4S+. The maximum Gasteiger partial charge on any atom is 0.312 e. The number of rotatable bonds is 7. The van der Waals surface area contributed by atoms with Crippen LogP contribution in [0.25, 0.3) is 0 Å². The van der Waals surface area contributed by atoms with Crippen molar-refractivity contribution < 1.29 is 24.0 Å². The fraction of sp³-hybridized carbons (Fsp3) is 0.286. The predicted molar refractivity (Wildman–Crippen MR) is 110 cm³/mol. The molecule has 152 valence electrons. The highest BCUT2D eigenvalue weighted by atomic mass is 32.2. The van der Waals surface area contributed by atoms with Gasteiger partial charge < -0.3 is 20.3 Å². The molecule has 29 heavy (non-hydrogen) atoms.